The first-order valence-electron chi connectivity index (χ1n) is 9.22. The molecule has 166 valence electrons. The SMILES string of the molecule is O=C(C[C@H]1CS(=O)(=O)C[C@@H]1CC(=O)Nc1ccc(Cl)cc1Cl)Nc1ccc(Cl)cc1Cl. The first kappa shape index (κ1) is 24.1. The smallest absolute Gasteiger partial charge is 0.224 e. The van der Waals surface area contributed by atoms with E-state index in [4.69, 9.17) is 46.4 Å². The second-order valence-corrected chi connectivity index (χ2v) is 11.2. The summed E-state index contributed by atoms with van der Waals surface area (Å²) in [6.45, 7) is 0. The lowest BCUT2D eigenvalue weighted by Gasteiger charge is -2.18. The van der Waals surface area contributed by atoms with Gasteiger partial charge in [0.15, 0.2) is 9.84 Å². The number of hydrogen-bond donors (Lipinski definition) is 2. The standard InChI is InChI=1S/C20H18Cl4N2O4S/c21-13-1-3-17(15(23)7-13)25-19(27)5-11-9-31(29,30)10-12(11)6-20(28)26-18-4-2-14(22)8-16(18)24/h1-4,7-8,11-12H,5-6,9-10H2,(H,25,27)(H,26,28)/t11-,12-/m0/s1. The number of amides is 2. The van der Waals surface area contributed by atoms with E-state index in [1.807, 2.05) is 0 Å². The Balaban J connectivity index is 1.64. The van der Waals surface area contributed by atoms with Crippen LogP contribution in [-0.4, -0.2) is 31.7 Å². The molecule has 2 aromatic rings. The van der Waals surface area contributed by atoms with Crippen LogP contribution in [0, 0.1) is 11.8 Å². The van der Waals surface area contributed by atoms with Gasteiger partial charge in [-0.2, -0.15) is 0 Å². The van der Waals surface area contributed by atoms with Crippen molar-refractivity contribution in [3.05, 3.63) is 56.5 Å². The highest BCUT2D eigenvalue weighted by Gasteiger charge is 2.39. The molecule has 11 heteroatoms. The maximum Gasteiger partial charge on any atom is 0.224 e. The number of carbonyl (C=O) groups excluding carboxylic acids is 2. The average molecular weight is 524 g/mol. The van der Waals surface area contributed by atoms with Crippen molar-refractivity contribution in [2.75, 3.05) is 22.1 Å². The number of carbonyl (C=O) groups is 2. The number of hydrogen-bond acceptors (Lipinski definition) is 4. The Morgan fingerprint density at radius 1 is 0.774 bits per heavy atom. The molecule has 0 saturated carbocycles. The Labute approximate surface area is 200 Å². The molecule has 2 atom stereocenters. The maximum atomic E-state index is 12.5. The van der Waals surface area contributed by atoms with Crippen molar-refractivity contribution >= 4 is 79.4 Å². The summed E-state index contributed by atoms with van der Waals surface area (Å²) >= 11 is 23.8. The highest BCUT2D eigenvalue weighted by atomic mass is 35.5. The van der Waals surface area contributed by atoms with Gasteiger partial charge in [0, 0.05) is 22.9 Å². The number of halogens is 4. The highest BCUT2D eigenvalue weighted by Crippen LogP contribution is 2.33. The zero-order valence-electron chi connectivity index (χ0n) is 16.0. The minimum absolute atomic E-state index is 0.0577. The van der Waals surface area contributed by atoms with Crippen LogP contribution in [0.3, 0.4) is 0 Å². The van der Waals surface area contributed by atoms with Gasteiger partial charge in [-0.15, -0.1) is 0 Å². The van der Waals surface area contributed by atoms with E-state index in [1.165, 1.54) is 12.1 Å². The molecule has 1 aliphatic rings. The molecular weight excluding hydrogens is 506 g/mol. The first-order chi connectivity index (χ1) is 14.5. The fraction of sp³-hybridized carbons (Fsp3) is 0.300. The van der Waals surface area contributed by atoms with Gasteiger partial charge in [0.25, 0.3) is 0 Å². The Hall–Kier alpha value is -1.51. The van der Waals surface area contributed by atoms with Crippen LogP contribution in [-0.2, 0) is 19.4 Å². The quantitative estimate of drug-likeness (QED) is 0.536. The molecule has 1 saturated heterocycles. The summed E-state index contributed by atoms with van der Waals surface area (Å²) in [5.41, 5.74) is 0.757. The van der Waals surface area contributed by atoms with E-state index in [9.17, 15) is 18.0 Å². The lowest BCUT2D eigenvalue weighted by atomic mass is 9.89. The molecule has 3 rings (SSSR count). The minimum Gasteiger partial charge on any atom is -0.325 e. The third kappa shape index (κ3) is 6.73. The summed E-state index contributed by atoms with van der Waals surface area (Å²) in [4.78, 5) is 25.0. The second-order valence-electron chi connectivity index (χ2n) is 7.35. The van der Waals surface area contributed by atoms with Gasteiger partial charge in [0.2, 0.25) is 11.8 Å². The van der Waals surface area contributed by atoms with Crippen LogP contribution in [0.1, 0.15) is 12.8 Å². The Morgan fingerprint density at radius 2 is 1.16 bits per heavy atom. The van der Waals surface area contributed by atoms with E-state index >= 15 is 0 Å². The van der Waals surface area contributed by atoms with E-state index in [1.54, 1.807) is 24.3 Å². The van der Waals surface area contributed by atoms with Crippen molar-refractivity contribution in [2.24, 2.45) is 11.8 Å². The van der Waals surface area contributed by atoms with Gasteiger partial charge >= 0.3 is 0 Å². The Bertz CT molecular complexity index is 1040. The monoisotopic (exact) mass is 522 g/mol. The van der Waals surface area contributed by atoms with Crippen LogP contribution < -0.4 is 10.6 Å². The molecule has 0 radical (unpaired) electrons. The summed E-state index contributed by atoms with van der Waals surface area (Å²) in [6, 6.07) is 9.28. The van der Waals surface area contributed by atoms with E-state index in [-0.39, 0.29) is 34.4 Å². The van der Waals surface area contributed by atoms with Crippen LogP contribution in [0.25, 0.3) is 0 Å². The van der Waals surface area contributed by atoms with Crippen molar-refractivity contribution in [1.29, 1.82) is 0 Å². The van der Waals surface area contributed by atoms with Gasteiger partial charge in [-0.05, 0) is 48.2 Å². The fourth-order valence-corrected chi connectivity index (χ4v) is 6.64. The highest BCUT2D eigenvalue weighted by molar-refractivity contribution is 7.91. The van der Waals surface area contributed by atoms with Crippen molar-refractivity contribution in [1.82, 2.24) is 0 Å². The lowest BCUT2D eigenvalue weighted by Crippen LogP contribution is -2.25. The van der Waals surface area contributed by atoms with E-state index in [2.05, 4.69) is 10.6 Å². The average Bonchev–Trinajstić information content (AvgIpc) is 2.92. The van der Waals surface area contributed by atoms with Crippen molar-refractivity contribution in [2.45, 2.75) is 12.8 Å². The van der Waals surface area contributed by atoms with Crippen LogP contribution in [0.5, 0.6) is 0 Å². The molecule has 2 N–H and O–H groups in total. The number of benzene rings is 2. The van der Waals surface area contributed by atoms with Gasteiger partial charge < -0.3 is 10.6 Å². The molecule has 1 fully saturated rings. The molecule has 2 amide bonds. The molecule has 6 nitrogen and oxygen atoms in total. The van der Waals surface area contributed by atoms with Crippen LogP contribution in [0.15, 0.2) is 36.4 Å². The fourth-order valence-electron chi connectivity index (χ4n) is 3.50. The van der Waals surface area contributed by atoms with Crippen molar-refractivity contribution in [3.8, 4) is 0 Å². The Morgan fingerprint density at radius 3 is 1.52 bits per heavy atom. The van der Waals surface area contributed by atoms with Gasteiger partial charge in [0.05, 0.1) is 32.9 Å². The summed E-state index contributed by atoms with van der Waals surface area (Å²) in [7, 11) is -3.36. The lowest BCUT2D eigenvalue weighted by molar-refractivity contribution is -0.119. The van der Waals surface area contributed by atoms with Crippen LogP contribution in [0.4, 0.5) is 11.4 Å². The summed E-state index contributed by atoms with van der Waals surface area (Å²) in [5, 5.41) is 6.73. The minimum atomic E-state index is -3.36. The maximum absolute atomic E-state index is 12.5. The predicted octanol–water partition coefficient (Wildman–Crippen LogP) is 5.32. The third-order valence-corrected chi connectivity index (χ3v) is 7.88. The molecule has 1 aliphatic heterocycles. The molecule has 0 aromatic heterocycles. The Kier molecular flexibility index (Phi) is 7.76. The third-order valence-electron chi connectivity index (χ3n) is 4.91. The molecule has 0 bridgehead atoms. The molecule has 0 unspecified atom stereocenters. The first-order valence-corrected chi connectivity index (χ1v) is 12.6. The largest absolute Gasteiger partial charge is 0.325 e. The summed E-state index contributed by atoms with van der Waals surface area (Å²) in [5.74, 6) is -2.09. The van der Waals surface area contributed by atoms with Crippen LogP contribution >= 0.6 is 46.4 Å². The van der Waals surface area contributed by atoms with Gasteiger partial charge in [-0.25, -0.2) is 8.42 Å². The van der Waals surface area contributed by atoms with Crippen molar-refractivity contribution < 1.29 is 18.0 Å². The summed E-state index contributed by atoms with van der Waals surface area (Å²) < 4.78 is 24.4. The van der Waals surface area contributed by atoms with Gasteiger partial charge in [-0.3, -0.25) is 9.59 Å². The normalized spacial score (nSPS) is 19.7. The van der Waals surface area contributed by atoms with Crippen molar-refractivity contribution in [3.63, 3.8) is 0 Å². The second kappa shape index (κ2) is 9.96. The van der Waals surface area contributed by atoms with Crippen LogP contribution in [0.2, 0.25) is 20.1 Å². The zero-order chi connectivity index (χ0) is 22.8. The predicted molar refractivity (Wildman–Crippen MR) is 125 cm³/mol. The molecule has 1 heterocycles. The zero-order valence-corrected chi connectivity index (χ0v) is 19.8. The number of rotatable bonds is 6. The topological polar surface area (TPSA) is 92.3 Å². The number of sulfone groups is 1. The molecule has 31 heavy (non-hydrogen) atoms. The van der Waals surface area contributed by atoms with E-state index < -0.39 is 33.5 Å². The molecule has 0 spiro atoms. The summed E-state index contributed by atoms with van der Waals surface area (Å²) in [6.07, 6.45) is -0.115. The molecule has 2 aromatic carbocycles. The van der Waals surface area contributed by atoms with E-state index in [0.717, 1.165) is 0 Å². The van der Waals surface area contributed by atoms with E-state index in [0.29, 0.717) is 21.4 Å². The van der Waals surface area contributed by atoms with Gasteiger partial charge in [0.1, 0.15) is 0 Å². The number of nitrogens with one attached hydrogen (secondary N) is 2. The number of anilines is 2. The molecule has 0 aliphatic carbocycles. The molecular formula is C20H18Cl4N2O4S. The van der Waals surface area contributed by atoms with Gasteiger partial charge in [-0.1, -0.05) is 46.4 Å².